The molecule has 1 aliphatic rings. The summed E-state index contributed by atoms with van der Waals surface area (Å²) in [4.78, 5) is 4.67. The number of benzene rings is 2. The molecular weight excluding hydrogens is 386 g/mol. The molecule has 2 aromatic carbocycles. The Morgan fingerprint density at radius 1 is 1.00 bits per heavy atom. The number of hydrogen-bond acceptors (Lipinski definition) is 7. The quantitative estimate of drug-likeness (QED) is 0.583. The second kappa shape index (κ2) is 8.13. The molecule has 0 spiro atoms. The average molecular weight is 410 g/mol. The molecule has 0 bridgehead atoms. The number of aromatic nitrogens is 1. The van der Waals surface area contributed by atoms with Crippen molar-refractivity contribution >= 4 is 22.2 Å². The van der Waals surface area contributed by atoms with E-state index < -0.39 is 0 Å². The highest BCUT2D eigenvalue weighted by molar-refractivity contribution is 7.13. The summed E-state index contributed by atoms with van der Waals surface area (Å²) in [7, 11) is 4.87. The fraction of sp³-hybridized carbons (Fsp3) is 0.273. The van der Waals surface area contributed by atoms with Gasteiger partial charge in [0.05, 0.1) is 38.8 Å². The number of rotatable bonds is 6. The van der Waals surface area contributed by atoms with Crippen LogP contribution in [0.5, 0.6) is 17.2 Å². The molecule has 0 saturated carbocycles. The van der Waals surface area contributed by atoms with E-state index in [1.54, 1.807) is 32.7 Å². The fourth-order valence-electron chi connectivity index (χ4n) is 3.49. The van der Waals surface area contributed by atoms with Crippen molar-refractivity contribution in [2.45, 2.75) is 19.4 Å². The Hall–Kier alpha value is -3.06. The SMILES string of the molecule is COc1cc([C@@H]2CC(c3ccccc3)=NN2c2nc(C)cs2)cc(OC)c1OC. The van der Waals surface area contributed by atoms with E-state index in [1.165, 1.54) is 0 Å². The Labute approximate surface area is 174 Å². The van der Waals surface area contributed by atoms with Gasteiger partial charge in [0, 0.05) is 11.8 Å². The molecule has 1 aliphatic heterocycles. The van der Waals surface area contributed by atoms with Gasteiger partial charge in [-0.25, -0.2) is 9.99 Å². The number of methoxy groups -OCH3 is 3. The molecule has 150 valence electrons. The van der Waals surface area contributed by atoms with Crippen molar-refractivity contribution in [2.24, 2.45) is 5.10 Å². The van der Waals surface area contributed by atoms with E-state index >= 15 is 0 Å². The van der Waals surface area contributed by atoms with Crippen LogP contribution in [-0.2, 0) is 0 Å². The first-order chi connectivity index (χ1) is 14.1. The van der Waals surface area contributed by atoms with Crippen molar-refractivity contribution in [1.29, 1.82) is 0 Å². The molecule has 3 aromatic rings. The Kier molecular flexibility index (Phi) is 5.40. The third kappa shape index (κ3) is 3.65. The highest BCUT2D eigenvalue weighted by Crippen LogP contribution is 2.44. The molecular formula is C22H23N3O3S. The molecule has 6 nitrogen and oxygen atoms in total. The van der Waals surface area contributed by atoms with E-state index in [0.29, 0.717) is 17.2 Å². The number of ether oxygens (including phenoxy) is 3. The van der Waals surface area contributed by atoms with Gasteiger partial charge in [-0.3, -0.25) is 0 Å². The maximum absolute atomic E-state index is 5.56. The summed E-state index contributed by atoms with van der Waals surface area (Å²) in [5.41, 5.74) is 4.15. The van der Waals surface area contributed by atoms with Crippen molar-refractivity contribution in [3.05, 3.63) is 64.7 Å². The number of thiazole rings is 1. The summed E-state index contributed by atoms with van der Waals surface area (Å²) in [6.45, 7) is 1.99. The molecule has 2 heterocycles. The fourth-order valence-corrected chi connectivity index (χ4v) is 4.29. The van der Waals surface area contributed by atoms with E-state index in [0.717, 1.165) is 34.1 Å². The topological polar surface area (TPSA) is 56.2 Å². The number of hydrogen-bond donors (Lipinski definition) is 0. The molecule has 0 amide bonds. The van der Waals surface area contributed by atoms with Gasteiger partial charge in [0.1, 0.15) is 0 Å². The average Bonchev–Trinajstić information content (AvgIpc) is 3.39. The van der Waals surface area contributed by atoms with Crippen LogP contribution in [0.1, 0.15) is 29.3 Å². The van der Waals surface area contributed by atoms with E-state index in [-0.39, 0.29) is 6.04 Å². The van der Waals surface area contributed by atoms with E-state index in [2.05, 4.69) is 17.1 Å². The van der Waals surface area contributed by atoms with Gasteiger partial charge in [-0.2, -0.15) is 5.10 Å². The van der Waals surface area contributed by atoms with Gasteiger partial charge in [-0.05, 0) is 30.2 Å². The van der Waals surface area contributed by atoms with E-state index in [4.69, 9.17) is 19.3 Å². The van der Waals surface area contributed by atoms with Crippen molar-refractivity contribution in [1.82, 2.24) is 4.98 Å². The molecule has 0 saturated heterocycles. The zero-order valence-electron chi connectivity index (χ0n) is 16.9. The molecule has 1 aromatic heterocycles. The summed E-state index contributed by atoms with van der Waals surface area (Å²) < 4.78 is 16.6. The minimum absolute atomic E-state index is 0.0236. The van der Waals surface area contributed by atoms with Gasteiger partial charge in [0.15, 0.2) is 11.5 Å². The largest absolute Gasteiger partial charge is 0.493 e. The van der Waals surface area contributed by atoms with Gasteiger partial charge in [0.2, 0.25) is 10.9 Å². The van der Waals surface area contributed by atoms with Crippen LogP contribution in [0.4, 0.5) is 5.13 Å². The lowest BCUT2D eigenvalue weighted by Gasteiger charge is -2.23. The number of anilines is 1. The molecule has 0 N–H and O–H groups in total. The lowest BCUT2D eigenvalue weighted by Crippen LogP contribution is -2.18. The Morgan fingerprint density at radius 2 is 1.69 bits per heavy atom. The molecule has 0 aliphatic carbocycles. The van der Waals surface area contributed by atoms with E-state index in [9.17, 15) is 0 Å². The minimum atomic E-state index is -0.0236. The molecule has 0 unspecified atom stereocenters. The first-order valence-corrected chi connectivity index (χ1v) is 10.2. The van der Waals surface area contributed by atoms with Crippen LogP contribution in [0.25, 0.3) is 0 Å². The Bertz CT molecular complexity index is 1010. The minimum Gasteiger partial charge on any atom is -0.493 e. The van der Waals surface area contributed by atoms with Crippen LogP contribution in [0.2, 0.25) is 0 Å². The second-order valence-corrected chi connectivity index (χ2v) is 7.54. The van der Waals surface area contributed by atoms with Gasteiger partial charge in [0.25, 0.3) is 0 Å². The molecule has 7 heteroatoms. The van der Waals surface area contributed by atoms with Crippen molar-refractivity contribution in [2.75, 3.05) is 26.3 Å². The predicted octanol–water partition coefficient (Wildman–Crippen LogP) is 4.83. The highest BCUT2D eigenvalue weighted by atomic mass is 32.1. The van der Waals surface area contributed by atoms with Gasteiger partial charge < -0.3 is 14.2 Å². The third-order valence-electron chi connectivity index (χ3n) is 4.89. The first kappa shape index (κ1) is 19.3. The van der Waals surface area contributed by atoms with Crippen LogP contribution in [0.3, 0.4) is 0 Å². The maximum atomic E-state index is 5.56. The van der Waals surface area contributed by atoms with Crippen LogP contribution in [0, 0.1) is 6.92 Å². The smallest absolute Gasteiger partial charge is 0.206 e. The first-order valence-electron chi connectivity index (χ1n) is 9.28. The standard InChI is InChI=1S/C22H23N3O3S/c1-14-13-29-22(23-14)25-18(12-17(24-25)15-8-6-5-7-9-15)16-10-19(26-2)21(28-4)20(11-16)27-3/h5-11,13,18H,12H2,1-4H3/t18-/m0/s1. The number of nitrogens with zero attached hydrogens (tertiary/aromatic N) is 3. The zero-order chi connectivity index (χ0) is 20.4. The predicted molar refractivity (Wildman–Crippen MR) is 116 cm³/mol. The number of hydrazone groups is 1. The molecule has 4 rings (SSSR count). The van der Waals surface area contributed by atoms with Gasteiger partial charge in [-0.1, -0.05) is 30.3 Å². The van der Waals surface area contributed by atoms with Crippen LogP contribution in [0.15, 0.2) is 52.9 Å². The summed E-state index contributed by atoms with van der Waals surface area (Å²) in [5, 5.41) is 9.85. The molecule has 0 fully saturated rings. The normalized spacial score (nSPS) is 15.9. The van der Waals surface area contributed by atoms with Crippen molar-refractivity contribution < 1.29 is 14.2 Å². The summed E-state index contributed by atoms with van der Waals surface area (Å²) in [5.74, 6) is 1.84. The Balaban J connectivity index is 1.79. The van der Waals surface area contributed by atoms with Crippen LogP contribution < -0.4 is 19.2 Å². The number of aryl methyl sites for hydroxylation is 1. The lowest BCUT2D eigenvalue weighted by molar-refractivity contribution is 0.323. The summed E-state index contributed by atoms with van der Waals surface area (Å²) >= 11 is 1.59. The highest BCUT2D eigenvalue weighted by Gasteiger charge is 2.33. The molecule has 1 atom stereocenters. The monoisotopic (exact) mass is 409 g/mol. The Morgan fingerprint density at radius 3 is 2.24 bits per heavy atom. The second-order valence-electron chi connectivity index (χ2n) is 6.71. The zero-order valence-corrected chi connectivity index (χ0v) is 17.7. The molecule has 29 heavy (non-hydrogen) atoms. The molecule has 0 radical (unpaired) electrons. The van der Waals surface area contributed by atoms with Crippen molar-refractivity contribution in [3.8, 4) is 17.2 Å². The summed E-state index contributed by atoms with van der Waals surface area (Å²) in [6.07, 6.45) is 0.751. The lowest BCUT2D eigenvalue weighted by atomic mass is 9.98. The van der Waals surface area contributed by atoms with Crippen LogP contribution in [-0.4, -0.2) is 32.0 Å². The van der Waals surface area contributed by atoms with Crippen molar-refractivity contribution in [3.63, 3.8) is 0 Å². The third-order valence-corrected chi connectivity index (χ3v) is 5.84. The van der Waals surface area contributed by atoms with Gasteiger partial charge in [-0.15, -0.1) is 11.3 Å². The van der Waals surface area contributed by atoms with Gasteiger partial charge >= 0.3 is 0 Å². The van der Waals surface area contributed by atoms with E-state index in [1.807, 2.05) is 47.6 Å². The summed E-state index contributed by atoms with van der Waals surface area (Å²) in [6, 6.07) is 14.2. The maximum Gasteiger partial charge on any atom is 0.206 e. The van der Waals surface area contributed by atoms with Crippen LogP contribution >= 0.6 is 11.3 Å².